The van der Waals surface area contributed by atoms with Crippen molar-refractivity contribution in [1.82, 2.24) is 9.97 Å². The Labute approximate surface area is 177 Å². The number of nitriles is 1. The summed E-state index contributed by atoms with van der Waals surface area (Å²) >= 11 is 0. The van der Waals surface area contributed by atoms with Crippen LogP contribution in [0.4, 0.5) is 30.5 Å². The number of anilines is 3. The zero-order valence-electron chi connectivity index (χ0n) is 18.0. The molecule has 0 aliphatic carbocycles. The molecule has 8 heteroatoms. The lowest BCUT2D eigenvalue weighted by Gasteiger charge is -2.26. The number of aromatic nitrogens is 2. The van der Waals surface area contributed by atoms with E-state index in [9.17, 15) is 13.2 Å². The topological polar surface area (TPSA) is 64.8 Å². The van der Waals surface area contributed by atoms with E-state index in [0.717, 1.165) is 50.3 Å². The quantitative estimate of drug-likeness (QED) is 0.506. The van der Waals surface area contributed by atoms with Crippen molar-refractivity contribution in [2.24, 2.45) is 5.92 Å². The van der Waals surface area contributed by atoms with Gasteiger partial charge in [-0.25, -0.2) is 9.97 Å². The highest BCUT2D eigenvalue weighted by atomic mass is 19.4. The molecular weight excluding hydrogens is 391 g/mol. The van der Waals surface area contributed by atoms with Crippen LogP contribution in [0.1, 0.15) is 52.5 Å². The van der Waals surface area contributed by atoms with E-state index in [1.807, 2.05) is 0 Å². The van der Waals surface area contributed by atoms with Crippen LogP contribution in [0.2, 0.25) is 0 Å². The Morgan fingerprint density at radius 2 is 1.70 bits per heavy atom. The first-order valence-electron chi connectivity index (χ1n) is 10.1. The second-order valence-corrected chi connectivity index (χ2v) is 6.94. The van der Waals surface area contributed by atoms with Crippen molar-refractivity contribution in [1.29, 1.82) is 5.26 Å². The maximum Gasteiger partial charge on any atom is 0.416 e. The van der Waals surface area contributed by atoms with Crippen LogP contribution in [-0.4, -0.2) is 23.1 Å². The van der Waals surface area contributed by atoms with Crippen molar-refractivity contribution < 1.29 is 13.2 Å². The molecule has 1 N–H and O–H groups in total. The zero-order chi connectivity index (χ0) is 22.6. The number of nitrogens with one attached hydrogen (secondary N) is 1. The Morgan fingerprint density at radius 1 is 1.10 bits per heavy atom. The summed E-state index contributed by atoms with van der Waals surface area (Å²) in [6, 6.07) is 6.69. The van der Waals surface area contributed by atoms with Gasteiger partial charge in [-0.05, 0) is 43.0 Å². The van der Waals surface area contributed by atoms with E-state index in [-0.39, 0.29) is 0 Å². The molecule has 1 heterocycles. The summed E-state index contributed by atoms with van der Waals surface area (Å²) in [4.78, 5) is 11.0. The van der Waals surface area contributed by atoms with Gasteiger partial charge in [-0.2, -0.15) is 18.4 Å². The summed E-state index contributed by atoms with van der Waals surface area (Å²) < 4.78 is 38.2. The first kappa shape index (κ1) is 25.2. The van der Waals surface area contributed by atoms with E-state index in [0.29, 0.717) is 17.4 Å². The van der Waals surface area contributed by atoms with E-state index in [1.165, 1.54) is 19.1 Å². The lowest BCUT2D eigenvalue weighted by atomic mass is 10.1. The van der Waals surface area contributed by atoms with Crippen LogP contribution in [0.3, 0.4) is 0 Å². The molecule has 1 aromatic carbocycles. The second-order valence-electron chi connectivity index (χ2n) is 6.94. The molecule has 30 heavy (non-hydrogen) atoms. The molecule has 0 unspecified atom stereocenters. The van der Waals surface area contributed by atoms with Crippen molar-refractivity contribution in [2.75, 3.05) is 23.3 Å². The number of benzene rings is 1. The van der Waals surface area contributed by atoms with Crippen LogP contribution in [0.25, 0.3) is 0 Å². The highest BCUT2D eigenvalue weighted by molar-refractivity contribution is 5.68. The molecule has 164 valence electrons. The molecule has 0 saturated heterocycles. The van der Waals surface area contributed by atoms with Crippen molar-refractivity contribution in [3.05, 3.63) is 42.2 Å². The number of rotatable bonds is 9. The minimum Gasteiger partial charge on any atom is -0.354 e. The van der Waals surface area contributed by atoms with Crippen molar-refractivity contribution >= 4 is 17.3 Å². The van der Waals surface area contributed by atoms with Crippen molar-refractivity contribution in [3.63, 3.8) is 0 Å². The molecule has 0 aliphatic heterocycles. The van der Waals surface area contributed by atoms with Gasteiger partial charge in [0.05, 0.1) is 11.6 Å². The van der Waals surface area contributed by atoms with Gasteiger partial charge in [0.15, 0.2) is 11.6 Å². The van der Waals surface area contributed by atoms with E-state index in [4.69, 9.17) is 5.26 Å². The minimum absolute atomic E-state index is 0.545. The first-order valence-corrected chi connectivity index (χ1v) is 10.1. The zero-order valence-corrected chi connectivity index (χ0v) is 18.0. The summed E-state index contributed by atoms with van der Waals surface area (Å²) in [6.45, 7) is 9.65. The van der Waals surface area contributed by atoms with Crippen LogP contribution < -0.4 is 10.2 Å². The standard InChI is InChI=1S/C20H27F3N4.C2H3N/c1-4-13-27(14-10-15(3)5-2)19-18(24-11-12-25-19)26-17-8-6-16(7-9-17)20(21,22)23;1-2-3/h6-9,11-12,15H,4-5,10,13-14H2,1-3H3,(H,24,26);1H3/t15-;/m1./s1. The van der Waals surface area contributed by atoms with Crippen LogP contribution in [0, 0.1) is 17.2 Å². The predicted molar refractivity (Wildman–Crippen MR) is 115 cm³/mol. The monoisotopic (exact) mass is 421 g/mol. The van der Waals surface area contributed by atoms with Crippen LogP contribution in [-0.2, 0) is 6.18 Å². The number of hydrogen-bond donors (Lipinski definition) is 1. The molecule has 1 atom stereocenters. The second kappa shape index (κ2) is 12.7. The van der Waals surface area contributed by atoms with Gasteiger partial charge in [0.25, 0.3) is 0 Å². The van der Waals surface area contributed by atoms with Gasteiger partial charge in [0.2, 0.25) is 0 Å². The highest BCUT2D eigenvalue weighted by Gasteiger charge is 2.30. The predicted octanol–water partition coefficient (Wildman–Crippen LogP) is 6.42. The smallest absolute Gasteiger partial charge is 0.354 e. The summed E-state index contributed by atoms with van der Waals surface area (Å²) in [5, 5.41) is 10.4. The van der Waals surface area contributed by atoms with Crippen LogP contribution >= 0.6 is 0 Å². The third-order valence-electron chi connectivity index (χ3n) is 4.54. The Morgan fingerprint density at radius 3 is 2.23 bits per heavy atom. The van der Waals surface area contributed by atoms with E-state index < -0.39 is 11.7 Å². The van der Waals surface area contributed by atoms with E-state index >= 15 is 0 Å². The van der Waals surface area contributed by atoms with Crippen molar-refractivity contribution in [3.8, 4) is 6.07 Å². The molecule has 2 aromatic rings. The molecule has 1 aromatic heterocycles. The molecule has 0 amide bonds. The summed E-state index contributed by atoms with van der Waals surface area (Å²) in [7, 11) is 0. The fraction of sp³-hybridized carbons (Fsp3) is 0.500. The van der Waals surface area contributed by atoms with Gasteiger partial charge in [-0.1, -0.05) is 27.2 Å². The average molecular weight is 422 g/mol. The lowest BCUT2D eigenvalue weighted by Crippen LogP contribution is -2.28. The Balaban J connectivity index is 0.00000141. The Bertz CT molecular complexity index is 785. The molecule has 0 aliphatic rings. The number of alkyl halides is 3. The molecule has 0 saturated carbocycles. The van der Waals surface area contributed by atoms with Gasteiger partial charge < -0.3 is 10.2 Å². The molecule has 0 fully saturated rings. The lowest BCUT2D eigenvalue weighted by molar-refractivity contribution is -0.137. The Hall–Kier alpha value is -2.82. The van der Waals surface area contributed by atoms with Crippen molar-refractivity contribution in [2.45, 2.75) is 53.1 Å². The van der Waals surface area contributed by atoms with Gasteiger partial charge in [0.1, 0.15) is 0 Å². The molecule has 5 nitrogen and oxygen atoms in total. The number of halogens is 3. The van der Waals surface area contributed by atoms with E-state index in [1.54, 1.807) is 18.5 Å². The van der Waals surface area contributed by atoms with Gasteiger partial charge >= 0.3 is 6.18 Å². The Kier molecular flexibility index (Phi) is 10.7. The van der Waals surface area contributed by atoms with Gasteiger partial charge in [-0.15, -0.1) is 0 Å². The fourth-order valence-electron chi connectivity index (χ4n) is 2.70. The maximum absolute atomic E-state index is 12.7. The largest absolute Gasteiger partial charge is 0.416 e. The fourth-order valence-corrected chi connectivity index (χ4v) is 2.70. The average Bonchev–Trinajstić information content (AvgIpc) is 2.72. The van der Waals surface area contributed by atoms with Crippen LogP contribution in [0.15, 0.2) is 36.7 Å². The molecule has 0 spiro atoms. The van der Waals surface area contributed by atoms with Gasteiger partial charge in [0, 0.05) is 38.1 Å². The SMILES string of the molecule is CC#N.CCCN(CC[C@H](C)CC)c1nccnc1Nc1ccc(C(F)(F)F)cc1. The van der Waals surface area contributed by atoms with Crippen LogP contribution in [0.5, 0.6) is 0 Å². The molecule has 2 rings (SSSR count). The highest BCUT2D eigenvalue weighted by Crippen LogP contribution is 2.31. The minimum atomic E-state index is -4.34. The summed E-state index contributed by atoms with van der Waals surface area (Å²) in [5.41, 5.74) is -0.128. The van der Waals surface area contributed by atoms with Gasteiger partial charge in [-0.3, -0.25) is 0 Å². The third kappa shape index (κ3) is 8.27. The molecule has 0 bridgehead atoms. The number of nitrogens with zero attached hydrogens (tertiary/aromatic N) is 4. The third-order valence-corrected chi connectivity index (χ3v) is 4.54. The maximum atomic E-state index is 12.7. The van der Waals surface area contributed by atoms with E-state index in [2.05, 4.69) is 41.0 Å². The molecule has 0 radical (unpaired) electrons. The summed E-state index contributed by atoms with van der Waals surface area (Å²) in [6.07, 6.45) is 2.01. The first-order chi connectivity index (χ1) is 14.3. The number of hydrogen-bond acceptors (Lipinski definition) is 5. The normalized spacial score (nSPS) is 11.7. The molecular formula is C22H30F3N5. The summed E-state index contributed by atoms with van der Waals surface area (Å²) in [5.74, 6) is 1.89.